The molecule has 0 fully saturated rings. The van der Waals surface area contributed by atoms with Gasteiger partial charge in [0.05, 0.1) is 0 Å². The van der Waals surface area contributed by atoms with E-state index in [-0.39, 0.29) is 5.91 Å². The van der Waals surface area contributed by atoms with Crippen molar-refractivity contribution in [1.29, 1.82) is 0 Å². The average molecular weight is 268 g/mol. The monoisotopic (exact) mass is 268 g/mol. The van der Waals surface area contributed by atoms with E-state index >= 15 is 0 Å². The van der Waals surface area contributed by atoms with Gasteiger partial charge in [0.25, 0.3) is 0 Å². The minimum Gasteiger partial charge on any atom is -0.350 e. The molecule has 1 aromatic heterocycles. The van der Waals surface area contributed by atoms with Gasteiger partial charge in [0.15, 0.2) is 11.6 Å². The van der Waals surface area contributed by atoms with Crippen LogP contribution in [0.15, 0.2) is 36.4 Å². The molecule has 2 heterocycles. The molecule has 1 aromatic carbocycles. The molecule has 0 saturated heterocycles. The maximum absolute atomic E-state index is 10.9. The normalized spacial score (nSPS) is 13.8. The number of carbonyl (C=O) groups is 1. The first-order valence-corrected chi connectivity index (χ1v) is 6.65. The summed E-state index contributed by atoms with van der Waals surface area (Å²) in [5.74, 6) is 1.19. The summed E-state index contributed by atoms with van der Waals surface area (Å²) in [5, 5.41) is 10.8. The van der Waals surface area contributed by atoms with Crippen molar-refractivity contribution in [3.05, 3.63) is 47.5 Å². The molecule has 0 saturated carbocycles. The largest absolute Gasteiger partial charge is 0.350 e. The maximum atomic E-state index is 10.9. The van der Waals surface area contributed by atoms with Crippen LogP contribution in [-0.4, -0.2) is 22.6 Å². The van der Waals surface area contributed by atoms with Gasteiger partial charge in [-0.05, 0) is 29.7 Å². The summed E-state index contributed by atoms with van der Waals surface area (Å²) in [6.45, 7) is 3.24. The Labute approximate surface area is 117 Å². The summed E-state index contributed by atoms with van der Waals surface area (Å²) in [4.78, 5) is 13.1. The molecular weight excluding hydrogens is 252 g/mol. The minimum atomic E-state index is -0.140. The third kappa shape index (κ3) is 2.61. The highest BCUT2D eigenvalue weighted by Gasteiger charge is 2.17. The van der Waals surface area contributed by atoms with Crippen LogP contribution in [0.3, 0.4) is 0 Å². The lowest BCUT2D eigenvalue weighted by molar-refractivity contribution is -0.114. The number of fused-ring (bicyclic) bond motifs is 1. The Kier molecular flexibility index (Phi) is 3.33. The molecule has 5 heteroatoms. The number of nitrogens with one attached hydrogen (secondary N) is 1. The van der Waals surface area contributed by atoms with Gasteiger partial charge in [-0.15, -0.1) is 10.2 Å². The number of hydrogen-bond acceptors (Lipinski definition) is 4. The molecule has 5 nitrogen and oxygen atoms in total. The Morgan fingerprint density at radius 2 is 1.95 bits per heavy atom. The second-order valence-electron chi connectivity index (χ2n) is 4.90. The van der Waals surface area contributed by atoms with Crippen molar-refractivity contribution in [2.75, 3.05) is 16.8 Å². The second-order valence-corrected chi connectivity index (χ2v) is 4.90. The van der Waals surface area contributed by atoms with Gasteiger partial charge in [0.2, 0.25) is 5.91 Å². The summed E-state index contributed by atoms with van der Waals surface area (Å²) in [7, 11) is 0. The van der Waals surface area contributed by atoms with E-state index < -0.39 is 0 Å². The molecule has 2 aromatic rings. The molecule has 1 N–H and O–H groups in total. The van der Waals surface area contributed by atoms with E-state index in [9.17, 15) is 4.79 Å². The van der Waals surface area contributed by atoms with Gasteiger partial charge >= 0.3 is 0 Å². The molecule has 1 amide bonds. The van der Waals surface area contributed by atoms with Crippen LogP contribution in [0.1, 0.15) is 18.1 Å². The van der Waals surface area contributed by atoms with Gasteiger partial charge in [-0.3, -0.25) is 4.79 Å². The lowest BCUT2D eigenvalue weighted by Gasteiger charge is -2.29. The van der Waals surface area contributed by atoms with Gasteiger partial charge < -0.3 is 10.2 Å². The van der Waals surface area contributed by atoms with Crippen LogP contribution in [0, 0.1) is 0 Å². The number of aromatic nitrogens is 2. The van der Waals surface area contributed by atoms with Crippen molar-refractivity contribution in [3.63, 3.8) is 0 Å². The van der Waals surface area contributed by atoms with Gasteiger partial charge in [0.1, 0.15) is 0 Å². The lowest BCUT2D eigenvalue weighted by Crippen LogP contribution is -2.31. The molecule has 1 aliphatic heterocycles. The first-order chi connectivity index (χ1) is 9.72. The number of rotatable bonds is 2. The zero-order chi connectivity index (χ0) is 13.9. The van der Waals surface area contributed by atoms with Crippen molar-refractivity contribution in [1.82, 2.24) is 10.2 Å². The summed E-state index contributed by atoms with van der Waals surface area (Å²) >= 11 is 0. The van der Waals surface area contributed by atoms with Crippen LogP contribution in [0.5, 0.6) is 0 Å². The molecule has 0 bridgehead atoms. The van der Waals surface area contributed by atoms with E-state index in [0.29, 0.717) is 5.82 Å². The van der Waals surface area contributed by atoms with Gasteiger partial charge in [-0.1, -0.05) is 24.3 Å². The fraction of sp³-hybridized carbons (Fsp3) is 0.267. The average Bonchev–Trinajstić information content (AvgIpc) is 2.47. The van der Waals surface area contributed by atoms with Crippen LogP contribution in [0.4, 0.5) is 11.6 Å². The highest BCUT2D eigenvalue weighted by molar-refractivity contribution is 5.87. The van der Waals surface area contributed by atoms with E-state index in [2.05, 4.69) is 44.7 Å². The molecule has 1 aliphatic rings. The van der Waals surface area contributed by atoms with Crippen molar-refractivity contribution in [3.8, 4) is 0 Å². The summed E-state index contributed by atoms with van der Waals surface area (Å²) in [6, 6.07) is 12.2. The number of carbonyl (C=O) groups excluding carboxylic acids is 1. The number of benzene rings is 1. The Hall–Kier alpha value is -2.43. The quantitative estimate of drug-likeness (QED) is 0.905. The van der Waals surface area contributed by atoms with Crippen LogP contribution in [0.25, 0.3) is 0 Å². The van der Waals surface area contributed by atoms with Gasteiger partial charge in [-0.25, -0.2) is 0 Å². The van der Waals surface area contributed by atoms with E-state index in [1.165, 1.54) is 18.1 Å². The van der Waals surface area contributed by atoms with Crippen LogP contribution < -0.4 is 10.2 Å². The number of anilines is 2. The standard InChI is InChI=1S/C15H16N4O/c1-11(20)16-14-6-7-15(18-17-14)19-9-8-12-4-2-3-5-13(12)10-19/h2-7H,8-10H2,1H3,(H,16,17,20). The molecule has 0 spiro atoms. The van der Waals surface area contributed by atoms with Crippen molar-refractivity contribution < 1.29 is 4.79 Å². The zero-order valence-corrected chi connectivity index (χ0v) is 11.3. The number of nitrogens with zero attached hydrogens (tertiary/aromatic N) is 3. The molecule has 20 heavy (non-hydrogen) atoms. The predicted molar refractivity (Wildman–Crippen MR) is 77.5 cm³/mol. The number of amides is 1. The van der Waals surface area contributed by atoms with Gasteiger partial charge in [-0.2, -0.15) is 0 Å². The topological polar surface area (TPSA) is 58.1 Å². The van der Waals surface area contributed by atoms with E-state index in [1.807, 2.05) is 6.07 Å². The maximum Gasteiger partial charge on any atom is 0.222 e. The van der Waals surface area contributed by atoms with Crippen LogP contribution in [0.2, 0.25) is 0 Å². The summed E-state index contributed by atoms with van der Waals surface area (Å²) in [5.41, 5.74) is 2.75. The van der Waals surface area contributed by atoms with Crippen LogP contribution >= 0.6 is 0 Å². The Morgan fingerprint density at radius 1 is 1.15 bits per heavy atom. The highest BCUT2D eigenvalue weighted by Crippen LogP contribution is 2.22. The van der Waals surface area contributed by atoms with Gasteiger partial charge in [0, 0.05) is 20.0 Å². The SMILES string of the molecule is CC(=O)Nc1ccc(N2CCc3ccccc3C2)nn1. The first kappa shape index (κ1) is 12.6. The van der Waals surface area contributed by atoms with Crippen LogP contribution in [-0.2, 0) is 17.8 Å². The van der Waals surface area contributed by atoms with E-state index in [4.69, 9.17) is 0 Å². The Morgan fingerprint density at radius 3 is 2.65 bits per heavy atom. The second kappa shape index (κ2) is 5.28. The third-order valence-electron chi connectivity index (χ3n) is 3.41. The Balaban J connectivity index is 1.76. The molecule has 102 valence electrons. The van der Waals surface area contributed by atoms with E-state index in [0.717, 1.165) is 25.3 Å². The molecule has 0 atom stereocenters. The molecular formula is C15H16N4O. The highest BCUT2D eigenvalue weighted by atomic mass is 16.1. The lowest BCUT2D eigenvalue weighted by atomic mass is 10.00. The van der Waals surface area contributed by atoms with Crippen molar-refractivity contribution in [2.24, 2.45) is 0 Å². The summed E-state index contributed by atoms with van der Waals surface area (Å²) in [6.07, 6.45) is 1.02. The fourth-order valence-corrected chi connectivity index (χ4v) is 2.43. The smallest absolute Gasteiger partial charge is 0.222 e. The molecule has 0 unspecified atom stereocenters. The fourth-order valence-electron chi connectivity index (χ4n) is 2.43. The zero-order valence-electron chi connectivity index (χ0n) is 11.3. The molecule has 0 aliphatic carbocycles. The third-order valence-corrected chi connectivity index (χ3v) is 3.41. The Bertz CT molecular complexity index is 624. The minimum absolute atomic E-state index is 0.140. The van der Waals surface area contributed by atoms with Crippen molar-refractivity contribution >= 4 is 17.5 Å². The first-order valence-electron chi connectivity index (χ1n) is 6.65. The molecule has 3 rings (SSSR count). The number of hydrogen-bond donors (Lipinski definition) is 1. The molecule has 0 radical (unpaired) electrons. The van der Waals surface area contributed by atoms with Crippen molar-refractivity contribution in [2.45, 2.75) is 19.9 Å². The summed E-state index contributed by atoms with van der Waals surface area (Å²) < 4.78 is 0. The van der Waals surface area contributed by atoms with E-state index in [1.54, 1.807) is 6.07 Å². The predicted octanol–water partition coefficient (Wildman–Crippen LogP) is 2.00.